The van der Waals surface area contributed by atoms with Gasteiger partial charge in [0.15, 0.2) is 4.34 Å². The molecule has 1 saturated carbocycles. The molecule has 0 saturated heterocycles. The summed E-state index contributed by atoms with van der Waals surface area (Å²) in [5.41, 5.74) is 1.10. The summed E-state index contributed by atoms with van der Waals surface area (Å²) >= 11 is 2.97. The van der Waals surface area contributed by atoms with E-state index in [4.69, 9.17) is 0 Å². The van der Waals surface area contributed by atoms with Crippen LogP contribution in [0, 0.1) is 5.92 Å². The summed E-state index contributed by atoms with van der Waals surface area (Å²) < 4.78 is 0.834. The summed E-state index contributed by atoms with van der Waals surface area (Å²) in [6.45, 7) is 2.85. The van der Waals surface area contributed by atoms with Gasteiger partial charge in [-0.2, -0.15) is 0 Å². The van der Waals surface area contributed by atoms with Crippen LogP contribution in [0.3, 0.4) is 0 Å². The van der Waals surface area contributed by atoms with Crippen molar-refractivity contribution in [1.29, 1.82) is 0 Å². The van der Waals surface area contributed by atoms with Crippen LogP contribution >= 0.6 is 23.1 Å². The summed E-state index contributed by atoms with van der Waals surface area (Å²) in [7, 11) is 0. The number of benzene rings is 1. The van der Waals surface area contributed by atoms with Crippen LogP contribution in [0.2, 0.25) is 0 Å². The average Bonchev–Trinajstić information content (AvgIpc) is 3.08. The molecule has 1 amide bonds. The van der Waals surface area contributed by atoms with Crippen molar-refractivity contribution >= 4 is 34.1 Å². The first-order valence-corrected chi connectivity index (χ1v) is 10.5. The van der Waals surface area contributed by atoms with Crippen LogP contribution < -0.4 is 10.6 Å². The van der Waals surface area contributed by atoms with Crippen molar-refractivity contribution in [2.24, 2.45) is 5.92 Å². The maximum absolute atomic E-state index is 12.0. The Bertz CT molecular complexity index is 677. The van der Waals surface area contributed by atoms with Crippen molar-refractivity contribution in [1.82, 2.24) is 15.5 Å². The zero-order valence-electron chi connectivity index (χ0n) is 14.4. The highest BCUT2D eigenvalue weighted by atomic mass is 32.2. The van der Waals surface area contributed by atoms with E-state index in [0.717, 1.165) is 15.0 Å². The van der Waals surface area contributed by atoms with Crippen molar-refractivity contribution in [3.63, 3.8) is 0 Å². The molecule has 7 heteroatoms. The average molecular weight is 377 g/mol. The van der Waals surface area contributed by atoms with Gasteiger partial charge >= 0.3 is 0 Å². The predicted molar refractivity (Wildman–Crippen MR) is 104 cm³/mol. The van der Waals surface area contributed by atoms with Gasteiger partial charge in [0.25, 0.3) is 0 Å². The third kappa shape index (κ3) is 5.71. The summed E-state index contributed by atoms with van der Waals surface area (Å²) in [6.07, 6.45) is 5.09. The van der Waals surface area contributed by atoms with E-state index in [0.29, 0.717) is 24.3 Å². The van der Waals surface area contributed by atoms with Gasteiger partial charge in [-0.15, -0.1) is 10.2 Å². The molecule has 2 N–H and O–H groups in total. The molecule has 3 rings (SSSR count). The van der Waals surface area contributed by atoms with Gasteiger partial charge in [0.1, 0.15) is 0 Å². The molecule has 1 aliphatic rings. The van der Waals surface area contributed by atoms with E-state index in [1.165, 1.54) is 48.8 Å². The summed E-state index contributed by atoms with van der Waals surface area (Å²) in [5, 5.41) is 15.7. The molecule has 2 aromatic rings. The summed E-state index contributed by atoms with van der Waals surface area (Å²) in [4.78, 5) is 12.0. The molecule has 0 spiro atoms. The van der Waals surface area contributed by atoms with E-state index < -0.39 is 0 Å². The predicted octanol–water partition coefficient (Wildman–Crippen LogP) is 3.94. The van der Waals surface area contributed by atoms with Gasteiger partial charge in [-0.05, 0) is 24.3 Å². The van der Waals surface area contributed by atoms with Gasteiger partial charge in [0, 0.05) is 12.6 Å². The Hall–Kier alpha value is -1.60. The molecular formula is C18H24N4OS2. The first-order valence-electron chi connectivity index (χ1n) is 8.74. The summed E-state index contributed by atoms with van der Waals surface area (Å²) in [6, 6.07) is 10.4. The number of carbonyl (C=O) groups excluding carboxylic acids is 1. The van der Waals surface area contributed by atoms with Crippen molar-refractivity contribution < 1.29 is 4.79 Å². The van der Waals surface area contributed by atoms with Crippen molar-refractivity contribution in [3.05, 3.63) is 35.9 Å². The fourth-order valence-corrected chi connectivity index (χ4v) is 4.63. The largest absolute Gasteiger partial charge is 0.357 e. The molecule has 5 nitrogen and oxygen atoms in total. The zero-order chi connectivity index (χ0) is 17.5. The Balaban J connectivity index is 1.41. The molecule has 0 aliphatic heterocycles. The molecule has 25 heavy (non-hydrogen) atoms. The number of carbonyl (C=O) groups is 1. The van der Waals surface area contributed by atoms with Gasteiger partial charge in [0.05, 0.1) is 5.75 Å². The molecule has 1 aliphatic carbocycles. The van der Waals surface area contributed by atoms with Crippen molar-refractivity contribution in [3.8, 4) is 0 Å². The lowest BCUT2D eigenvalue weighted by molar-refractivity contribution is -0.118. The van der Waals surface area contributed by atoms with E-state index in [-0.39, 0.29) is 5.91 Å². The van der Waals surface area contributed by atoms with Crippen LogP contribution in [0.15, 0.2) is 34.7 Å². The number of nitrogens with zero attached hydrogens (tertiary/aromatic N) is 2. The SMILES string of the molecule is C[C@@H]1CCCC[C@H]1Nc1nnc(SCC(=O)NCc2ccccc2)s1. The smallest absolute Gasteiger partial charge is 0.230 e. The van der Waals surface area contributed by atoms with E-state index in [2.05, 4.69) is 27.8 Å². The zero-order valence-corrected chi connectivity index (χ0v) is 16.0. The van der Waals surface area contributed by atoms with Gasteiger partial charge in [0.2, 0.25) is 11.0 Å². The van der Waals surface area contributed by atoms with E-state index in [1.54, 1.807) is 0 Å². The Morgan fingerprint density at radius 3 is 2.84 bits per heavy atom. The molecule has 1 aromatic carbocycles. The molecule has 0 bridgehead atoms. The molecule has 1 aromatic heterocycles. The highest BCUT2D eigenvalue weighted by molar-refractivity contribution is 8.01. The molecular weight excluding hydrogens is 352 g/mol. The first kappa shape index (κ1) is 18.2. The third-order valence-electron chi connectivity index (χ3n) is 4.49. The number of hydrogen-bond donors (Lipinski definition) is 2. The number of rotatable bonds is 7. The van der Waals surface area contributed by atoms with Crippen molar-refractivity contribution in [2.75, 3.05) is 11.1 Å². The number of aromatic nitrogens is 2. The fraction of sp³-hybridized carbons (Fsp3) is 0.500. The number of thioether (sulfide) groups is 1. The second-order valence-electron chi connectivity index (χ2n) is 6.44. The maximum Gasteiger partial charge on any atom is 0.230 e. The van der Waals surface area contributed by atoms with Crippen molar-refractivity contribution in [2.45, 2.75) is 49.5 Å². The molecule has 134 valence electrons. The van der Waals surface area contributed by atoms with Crippen LogP contribution in [0.5, 0.6) is 0 Å². The van der Waals surface area contributed by atoms with Crippen LogP contribution in [-0.2, 0) is 11.3 Å². The lowest BCUT2D eigenvalue weighted by Crippen LogP contribution is -2.30. The minimum absolute atomic E-state index is 0.0134. The van der Waals surface area contributed by atoms with Gasteiger partial charge in [-0.3, -0.25) is 4.79 Å². The second-order valence-corrected chi connectivity index (χ2v) is 8.64. The van der Waals surface area contributed by atoms with Gasteiger partial charge in [-0.25, -0.2) is 0 Å². The van der Waals surface area contributed by atoms with E-state index >= 15 is 0 Å². The van der Waals surface area contributed by atoms with E-state index in [9.17, 15) is 4.79 Å². The molecule has 0 radical (unpaired) electrons. The van der Waals surface area contributed by atoms with Gasteiger partial charge < -0.3 is 10.6 Å². The van der Waals surface area contributed by atoms with Crippen LogP contribution in [0.1, 0.15) is 38.2 Å². The van der Waals surface area contributed by atoms with Crippen LogP contribution in [0.4, 0.5) is 5.13 Å². The standard InChI is InChI=1S/C18H24N4OS2/c1-13-7-5-6-10-15(13)20-17-21-22-18(25-17)24-12-16(23)19-11-14-8-3-2-4-9-14/h2-4,8-9,13,15H,5-7,10-12H2,1H3,(H,19,23)(H,20,21)/t13-,15-/m1/s1. The lowest BCUT2D eigenvalue weighted by Gasteiger charge is -2.29. The van der Waals surface area contributed by atoms with Crippen LogP contribution in [0.25, 0.3) is 0 Å². The monoisotopic (exact) mass is 376 g/mol. The molecule has 1 heterocycles. The Labute approximate surface area is 157 Å². The van der Waals surface area contributed by atoms with Crippen LogP contribution in [-0.4, -0.2) is 27.9 Å². The lowest BCUT2D eigenvalue weighted by atomic mass is 9.86. The Morgan fingerprint density at radius 2 is 2.04 bits per heavy atom. The Morgan fingerprint density at radius 1 is 1.24 bits per heavy atom. The minimum Gasteiger partial charge on any atom is -0.357 e. The highest BCUT2D eigenvalue weighted by Crippen LogP contribution is 2.30. The summed E-state index contributed by atoms with van der Waals surface area (Å²) in [5.74, 6) is 1.05. The second kappa shape index (κ2) is 9.20. The highest BCUT2D eigenvalue weighted by Gasteiger charge is 2.22. The number of nitrogens with one attached hydrogen (secondary N) is 2. The number of hydrogen-bond acceptors (Lipinski definition) is 6. The number of anilines is 1. The quantitative estimate of drug-likeness (QED) is 0.717. The fourth-order valence-electron chi connectivity index (χ4n) is 2.99. The molecule has 1 fully saturated rings. The minimum atomic E-state index is 0.0134. The third-order valence-corrected chi connectivity index (χ3v) is 6.47. The number of amides is 1. The van der Waals surface area contributed by atoms with Gasteiger partial charge in [-0.1, -0.05) is 73.2 Å². The topological polar surface area (TPSA) is 66.9 Å². The molecule has 2 atom stereocenters. The normalized spacial score (nSPS) is 20.2. The maximum atomic E-state index is 12.0. The van der Waals surface area contributed by atoms with E-state index in [1.807, 2.05) is 30.3 Å². The molecule has 0 unspecified atom stereocenters. The Kier molecular flexibility index (Phi) is 6.69. The first-order chi connectivity index (χ1) is 12.2.